The molecule has 0 saturated carbocycles. The molecule has 0 aromatic heterocycles. The monoisotopic (exact) mass is 433 g/mol. The van der Waals surface area contributed by atoms with Crippen LogP contribution in [0.5, 0.6) is 5.75 Å². The molecule has 1 aliphatic rings. The fraction of sp³-hybridized carbons (Fsp3) is 0.167. The topological polar surface area (TPSA) is 49.3 Å². The Balaban J connectivity index is 1.21. The smallest absolute Gasteiger partial charge is 0.167 e. The Kier molecular flexibility index (Phi) is 6.05. The van der Waals surface area contributed by atoms with Gasteiger partial charge in [-0.2, -0.15) is 0 Å². The van der Waals surface area contributed by atoms with E-state index in [0.717, 1.165) is 36.1 Å². The van der Waals surface area contributed by atoms with Gasteiger partial charge in [0.05, 0.1) is 0 Å². The quantitative estimate of drug-likeness (QED) is 0.365. The highest BCUT2D eigenvalue weighted by atomic mass is 16.3. The van der Waals surface area contributed by atoms with Gasteiger partial charge in [-0.1, -0.05) is 84.9 Å². The molecule has 0 atom stereocenters. The Labute approximate surface area is 194 Å². The van der Waals surface area contributed by atoms with Crippen molar-refractivity contribution in [2.24, 2.45) is 0 Å². The molecule has 0 aliphatic heterocycles. The van der Waals surface area contributed by atoms with E-state index >= 15 is 0 Å². The van der Waals surface area contributed by atoms with E-state index < -0.39 is 0 Å². The molecule has 2 N–H and O–H groups in total. The minimum atomic E-state index is 0.00117. The molecule has 0 spiro atoms. The van der Waals surface area contributed by atoms with Crippen LogP contribution in [0, 0.1) is 0 Å². The van der Waals surface area contributed by atoms with Crippen LogP contribution in [0.15, 0.2) is 97.1 Å². The number of phenolic OH excluding ortho intramolecular Hbond substituents is 1. The van der Waals surface area contributed by atoms with E-state index in [9.17, 15) is 9.90 Å². The van der Waals surface area contributed by atoms with E-state index in [1.54, 1.807) is 6.07 Å². The number of Topliss-reactive ketones (excluding diaryl/α,β-unsaturated/α-hetero) is 1. The van der Waals surface area contributed by atoms with Crippen molar-refractivity contribution < 1.29 is 9.90 Å². The van der Waals surface area contributed by atoms with Crippen molar-refractivity contribution in [1.82, 2.24) is 5.32 Å². The Bertz CT molecular complexity index is 1240. The second-order valence-corrected chi connectivity index (χ2v) is 8.76. The summed E-state index contributed by atoms with van der Waals surface area (Å²) >= 11 is 0. The molecule has 4 aromatic carbocycles. The number of nitrogens with one attached hydrogen (secondary N) is 1. The van der Waals surface area contributed by atoms with Gasteiger partial charge in [0, 0.05) is 30.1 Å². The van der Waals surface area contributed by atoms with E-state index in [-0.39, 0.29) is 18.0 Å². The zero-order valence-corrected chi connectivity index (χ0v) is 18.5. The fourth-order valence-electron chi connectivity index (χ4n) is 4.59. The van der Waals surface area contributed by atoms with Crippen molar-refractivity contribution in [3.63, 3.8) is 0 Å². The highest BCUT2D eigenvalue weighted by Gasteiger charge is 2.20. The molecule has 164 valence electrons. The summed E-state index contributed by atoms with van der Waals surface area (Å²) in [5, 5.41) is 13.9. The van der Waals surface area contributed by atoms with Gasteiger partial charge in [-0.15, -0.1) is 0 Å². The van der Waals surface area contributed by atoms with Crippen LogP contribution in [-0.2, 0) is 25.8 Å². The molecule has 0 unspecified atom stereocenters. The lowest BCUT2D eigenvalue weighted by atomic mass is 9.97. The number of fused-ring (bicyclic) bond motifs is 1. The number of rotatable bonds is 7. The van der Waals surface area contributed by atoms with Crippen LogP contribution in [0.4, 0.5) is 0 Å². The minimum Gasteiger partial charge on any atom is -0.508 e. The van der Waals surface area contributed by atoms with Gasteiger partial charge in [0.1, 0.15) is 5.75 Å². The summed E-state index contributed by atoms with van der Waals surface area (Å²) in [6.07, 6.45) is 2.31. The van der Waals surface area contributed by atoms with Gasteiger partial charge in [0.25, 0.3) is 0 Å². The number of hydrogen-bond donors (Lipinski definition) is 2. The van der Waals surface area contributed by atoms with E-state index in [1.807, 2.05) is 66.7 Å². The summed E-state index contributed by atoms with van der Waals surface area (Å²) < 4.78 is 0. The summed E-state index contributed by atoms with van der Waals surface area (Å²) in [6, 6.07) is 32.3. The first kappa shape index (κ1) is 21.2. The maximum Gasteiger partial charge on any atom is 0.167 e. The number of phenols is 1. The Morgan fingerprint density at radius 2 is 1.45 bits per heavy atom. The highest BCUT2D eigenvalue weighted by molar-refractivity contribution is 5.98. The molecular formula is C30H27NO2. The molecule has 0 heterocycles. The van der Waals surface area contributed by atoms with Gasteiger partial charge in [-0.25, -0.2) is 0 Å². The molecule has 0 bridgehead atoms. The summed E-state index contributed by atoms with van der Waals surface area (Å²) in [5.74, 6) is 0.155. The molecule has 0 radical (unpaired) electrons. The lowest BCUT2D eigenvalue weighted by Gasteiger charge is -2.12. The predicted octanol–water partition coefficient (Wildman–Crippen LogP) is 5.74. The Morgan fingerprint density at radius 1 is 0.788 bits per heavy atom. The van der Waals surface area contributed by atoms with Gasteiger partial charge in [0.15, 0.2) is 5.78 Å². The Morgan fingerprint density at radius 3 is 2.15 bits per heavy atom. The standard InChI is InChI=1S/C30H27NO2/c32-29-15-14-26(22-6-2-1-3-7-22)16-27(29)19-30(33)23-12-10-21(11-13-23)20-31-28-17-24-8-4-5-9-25(24)18-28/h1-16,28,31-32H,17-20H2. The highest BCUT2D eigenvalue weighted by Crippen LogP contribution is 2.27. The van der Waals surface area contributed by atoms with E-state index in [2.05, 4.69) is 29.6 Å². The van der Waals surface area contributed by atoms with Crippen molar-refractivity contribution in [3.05, 3.63) is 125 Å². The predicted molar refractivity (Wildman–Crippen MR) is 132 cm³/mol. The third kappa shape index (κ3) is 4.89. The molecule has 0 saturated heterocycles. The molecule has 3 nitrogen and oxygen atoms in total. The first-order valence-electron chi connectivity index (χ1n) is 11.5. The lowest BCUT2D eigenvalue weighted by Crippen LogP contribution is -2.28. The van der Waals surface area contributed by atoms with E-state index in [4.69, 9.17) is 0 Å². The van der Waals surface area contributed by atoms with Gasteiger partial charge in [-0.3, -0.25) is 4.79 Å². The molecule has 0 amide bonds. The first-order chi connectivity index (χ1) is 16.2. The van der Waals surface area contributed by atoms with Crippen LogP contribution in [0.3, 0.4) is 0 Å². The first-order valence-corrected chi connectivity index (χ1v) is 11.5. The minimum absolute atomic E-state index is 0.00117. The van der Waals surface area contributed by atoms with Gasteiger partial charge in [-0.05, 0) is 52.8 Å². The van der Waals surface area contributed by atoms with E-state index in [1.165, 1.54) is 11.1 Å². The van der Waals surface area contributed by atoms with Crippen molar-refractivity contribution in [2.45, 2.75) is 31.8 Å². The molecule has 3 heteroatoms. The number of benzene rings is 4. The van der Waals surface area contributed by atoms with Crippen LogP contribution in [0.2, 0.25) is 0 Å². The molecule has 0 fully saturated rings. The molecule has 33 heavy (non-hydrogen) atoms. The van der Waals surface area contributed by atoms with Crippen molar-refractivity contribution in [2.75, 3.05) is 0 Å². The normalized spacial score (nSPS) is 13.1. The van der Waals surface area contributed by atoms with Crippen LogP contribution < -0.4 is 5.32 Å². The fourth-order valence-corrected chi connectivity index (χ4v) is 4.59. The van der Waals surface area contributed by atoms with Gasteiger partial charge in [0.2, 0.25) is 0 Å². The summed E-state index contributed by atoms with van der Waals surface area (Å²) in [4.78, 5) is 12.9. The number of aromatic hydroxyl groups is 1. The molecule has 4 aromatic rings. The number of hydrogen-bond acceptors (Lipinski definition) is 3. The van der Waals surface area contributed by atoms with Crippen LogP contribution in [0.1, 0.15) is 32.6 Å². The zero-order valence-electron chi connectivity index (χ0n) is 18.5. The Hall–Kier alpha value is -3.69. The van der Waals surface area contributed by atoms with Crippen molar-refractivity contribution in [3.8, 4) is 16.9 Å². The van der Waals surface area contributed by atoms with E-state index in [0.29, 0.717) is 17.2 Å². The number of carbonyl (C=O) groups excluding carboxylic acids is 1. The third-order valence-corrected chi connectivity index (χ3v) is 6.46. The largest absolute Gasteiger partial charge is 0.508 e. The van der Waals surface area contributed by atoms with Crippen molar-refractivity contribution >= 4 is 5.78 Å². The molecule has 1 aliphatic carbocycles. The summed E-state index contributed by atoms with van der Waals surface area (Å²) in [7, 11) is 0. The van der Waals surface area contributed by atoms with Crippen molar-refractivity contribution in [1.29, 1.82) is 0 Å². The average Bonchev–Trinajstić information content (AvgIpc) is 3.28. The van der Waals surface area contributed by atoms with Gasteiger partial charge >= 0.3 is 0 Å². The SMILES string of the molecule is O=C(Cc1cc(-c2ccccc2)ccc1O)c1ccc(CNC2Cc3ccccc3C2)cc1. The molecular weight excluding hydrogens is 406 g/mol. The van der Waals surface area contributed by atoms with Crippen LogP contribution in [-0.4, -0.2) is 16.9 Å². The maximum atomic E-state index is 12.9. The average molecular weight is 434 g/mol. The van der Waals surface area contributed by atoms with Crippen LogP contribution in [0.25, 0.3) is 11.1 Å². The third-order valence-electron chi connectivity index (χ3n) is 6.46. The summed E-state index contributed by atoms with van der Waals surface area (Å²) in [5.41, 5.74) is 7.41. The second-order valence-electron chi connectivity index (χ2n) is 8.76. The van der Waals surface area contributed by atoms with Gasteiger partial charge < -0.3 is 10.4 Å². The molecule has 5 rings (SSSR count). The second kappa shape index (κ2) is 9.43. The lowest BCUT2D eigenvalue weighted by molar-refractivity contribution is 0.0992. The number of carbonyl (C=O) groups is 1. The summed E-state index contributed by atoms with van der Waals surface area (Å²) in [6.45, 7) is 0.785. The number of ketones is 1. The maximum absolute atomic E-state index is 12.9. The van der Waals surface area contributed by atoms with Crippen LogP contribution >= 0.6 is 0 Å². The zero-order chi connectivity index (χ0) is 22.6.